The Kier molecular flexibility index (Phi) is 66.2. The maximum absolute atomic E-state index is 13.4. The van der Waals surface area contributed by atoms with Gasteiger partial charge in [-0.15, -0.1) is 0 Å². The summed E-state index contributed by atoms with van der Waals surface area (Å²) in [6.45, 7) is 2.85. The number of hydrogen-bond donors (Lipinski definition) is 9. The molecule has 0 saturated carbocycles. The summed E-state index contributed by atoms with van der Waals surface area (Å²) in [6.07, 6.45) is 76.9. The van der Waals surface area contributed by atoms with Crippen molar-refractivity contribution in [1.29, 1.82) is 0 Å². The van der Waals surface area contributed by atoms with E-state index < -0.39 is 86.8 Å². The van der Waals surface area contributed by atoms with E-state index in [1.165, 1.54) is 334 Å². The summed E-state index contributed by atoms with van der Waals surface area (Å²) in [5.41, 5.74) is 0. The SMILES string of the molecule is CCCCCCCCCCCCCCCCCCCCCCC/C=C/CC/C=C/CC/C=C/C(O)C(COC1OC(CO)C(OC2OC(CO)C(O)C(O)C2O)C(O)C1O)NC(=O)CCCCCCCCCCCCCCCCCCCCCCCCCCCCCCCCCCCCC. The zero-order valence-electron chi connectivity index (χ0n) is 65.0. The average molecular weight is 1420 g/mol. The topological polar surface area (TPSA) is 228 Å². The van der Waals surface area contributed by atoms with E-state index in [2.05, 4.69) is 43.5 Å². The Hall–Kier alpha value is -1.79. The highest BCUT2D eigenvalue weighted by Gasteiger charge is 2.51. The van der Waals surface area contributed by atoms with E-state index in [1.54, 1.807) is 6.08 Å². The van der Waals surface area contributed by atoms with Gasteiger partial charge in [-0.2, -0.15) is 0 Å². The fourth-order valence-electron chi connectivity index (χ4n) is 14.5. The van der Waals surface area contributed by atoms with Gasteiger partial charge in [0, 0.05) is 6.42 Å². The Labute approximate surface area is 614 Å². The molecule has 1 amide bonds. The largest absolute Gasteiger partial charge is 0.394 e. The van der Waals surface area contributed by atoms with Gasteiger partial charge >= 0.3 is 0 Å². The second-order valence-electron chi connectivity index (χ2n) is 30.7. The first-order valence-electron chi connectivity index (χ1n) is 43.2. The van der Waals surface area contributed by atoms with Crippen molar-refractivity contribution >= 4 is 5.91 Å². The Bertz CT molecular complexity index is 1820. The third kappa shape index (κ3) is 52.2. The van der Waals surface area contributed by atoms with Crippen molar-refractivity contribution < 1.29 is 64.6 Å². The summed E-state index contributed by atoms with van der Waals surface area (Å²) < 4.78 is 22.9. The zero-order chi connectivity index (χ0) is 72.2. The molecule has 0 spiro atoms. The molecule has 2 heterocycles. The lowest BCUT2D eigenvalue weighted by molar-refractivity contribution is -0.359. The quantitative estimate of drug-likeness (QED) is 0.0204. The van der Waals surface area contributed by atoms with Crippen molar-refractivity contribution in [2.75, 3.05) is 19.8 Å². The fourth-order valence-corrected chi connectivity index (χ4v) is 14.5. The summed E-state index contributed by atoms with van der Waals surface area (Å²) in [7, 11) is 0. The molecule has 14 nitrogen and oxygen atoms in total. The second kappa shape index (κ2) is 70.2. The molecule has 0 radical (unpaired) electrons. The third-order valence-corrected chi connectivity index (χ3v) is 21.3. The first-order chi connectivity index (χ1) is 49.1. The number of unbranched alkanes of at least 4 members (excludes halogenated alkanes) is 57. The number of allylic oxidation sites excluding steroid dienone is 5. The molecule has 2 aliphatic heterocycles. The molecule has 0 aliphatic carbocycles. The lowest BCUT2D eigenvalue weighted by Crippen LogP contribution is -2.65. The van der Waals surface area contributed by atoms with Crippen molar-refractivity contribution in [3.63, 3.8) is 0 Å². The van der Waals surface area contributed by atoms with Crippen LogP contribution in [0, 0.1) is 0 Å². The number of aliphatic hydroxyl groups excluding tert-OH is 8. The van der Waals surface area contributed by atoms with Crippen LogP contribution in [0.3, 0.4) is 0 Å². The fraction of sp³-hybridized carbons (Fsp3) is 0.919. The van der Waals surface area contributed by atoms with E-state index in [1.807, 2.05) is 6.08 Å². The van der Waals surface area contributed by atoms with Crippen LogP contribution < -0.4 is 5.32 Å². The van der Waals surface area contributed by atoms with Gasteiger partial charge in [-0.3, -0.25) is 4.79 Å². The molecular formula is C86H163NO13. The van der Waals surface area contributed by atoms with Gasteiger partial charge in [-0.05, 0) is 44.9 Å². The smallest absolute Gasteiger partial charge is 0.220 e. The molecule has 0 aromatic heterocycles. The molecule has 100 heavy (non-hydrogen) atoms. The standard InChI is InChI=1S/C86H163NO13/c1-3-5-7-9-11-13-15-17-19-21-23-25-27-29-31-33-35-36-37-38-40-42-44-46-48-50-52-54-56-58-60-62-64-66-68-70-78(91)87-74(73-97-85-83(96)81(94)84(77(72-89)99-85)100-86-82(95)80(93)79(92)76(71-88)98-86)75(90)69-67-65-63-61-59-57-55-53-51-49-47-45-43-41-39-34-32-30-28-26-24-22-20-18-16-14-12-10-8-6-4-2/h51,53,59,61,67,69,74-77,79-86,88-90,92-96H,3-50,52,54-58,60,62-66,68,70-73H2,1-2H3,(H,87,91)/b53-51+,61-59+,69-67+. The van der Waals surface area contributed by atoms with Gasteiger partial charge in [-0.25, -0.2) is 0 Å². The van der Waals surface area contributed by atoms with Gasteiger partial charge in [0.05, 0.1) is 32.0 Å². The molecule has 12 unspecified atom stereocenters. The molecule has 14 heteroatoms. The molecule has 9 N–H and O–H groups in total. The minimum absolute atomic E-state index is 0.244. The van der Waals surface area contributed by atoms with Crippen molar-refractivity contribution in [3.8, 4) is 0 Å². The minimum Gasteiger partial charge on any atom is -0.394 e. The number of carbonyl (C=O) groups excluding carboxylic acids is 1. The molecule has 2 rings (SSSR count). The van der Waals surface area contributed by atoms with Crippen molar-refractivity contribution in [1.82, 2.24) is 5.32 Å². The molecule has 2 saturated heterocycles. The van der Waals surface area contributed by atoms with E-state index >= 15 is 0 Å². The molecule has 12 atom stereocenters. The number of aliphatic hydroxyl groups is 8. The number of carbonyl (C=O) groups is 1. The van der Waals surface area contributed by atoms with Crippen LogP contribution in [0.2, 0.25) is 0 Å². The summed E-state index contributed by atoms with van der Waals surface area (Å²) in [4.78, 5) is 13.4. The van der Waals surface area contributed by atoms with E-state index in [9.17, 15) is 45.6 Å². The summed E-state index contributed by atoms with van der Waals surface area (Å²) in [6, 6.07) is -0.939. The van der Waals surface area contributed by atoms with Crippen LogP contribution in [0.5, 0.6) is 0 Å². The number of hydrogen-bond acceptors (Lipinski definition) is 13. The highest BCUT2D eigenvalue weighted by molar-refractivity contribution is 5.76. The number of ether oxygens (including phenoxy) is 4. The average Bonchev–Trinajstić information content (AvgIpc) is 0.790. The van der Waals surface area contributed by atoms with Crippen LogP contribution >= 0.6 is 0 Å². The first kappa shape index (κ1) is 94.3. The Morgan fingerprint density at radius 2 is 0.640 bits per heavy atom. The van der Waals surface area contributed by atoms with Crippen molar-refractivity contribution in [3.05, 3.63) is 36.5 Å². The van der Waals surface area contributed by atoms with Crippen molar-refractivity contribution in [2.24, 2.45) is 0 Å². The molecule has 0 bridgehead atoms. The van der Waals surface area contributed by atoms with E-state index in [0.29, 0.717) is 12.8 Å². The summed E-state index contributed by atoms with van der Waals surface area (Å²) >= 11 is 0. The minimum atomic E-state index is -1.79. The maximum atomic E-state index is 13.4. The van der Waals surface area contributed by atoms with Gasteiger partial charge < -0.3 is 65.1 Å². The van der Waals surface area contributed by atoms with Crippen LogP contribution in [0.25, 0.3) is 0 Å². The number of amides is 1. The second-order valence-corrected chi connectivity index (χ2v) is 30.7. The molecule has 0 aromatic carbocycles. The maximum Gasteiger partial charge on any atom is 0.220 e. The van der Waals surface area contributed by atoms with E-state index in [-0.39, 0.29) is 18.9 Å². The van der Waals surface area contributed by atoms with Gasteiger partial charge in [-0.1, -0.05) is 397 Å². The molecular weight excluding hydrogens is 1250 g/mol. The van der Waals surface area contributed by atoms with Gasteiger partial charge in [0.1, 0.15) is 48.8 Å². The lowest BCUT2D eigenvalue weighted by Gasteiger charge is -2.46. The highest BCUT2D eigenvalue weighted by Crippen LogP contribution is 2.31. The number of rotatable bonds is 74. The lowest BCUT2D eigenvalue weighted by atomic mass is 9.97. The van der Waals surface area contributed by atoms with Gasteiger partial charge in [0.2, 0.25) is 5.91 Å². The Balaban J connectivity index is 1.60. The van der Waals surface area contributed by atoms with E-state index in [4.69, 9.17) is 18.9 Å². The Morgan fingerprint density at radius 3 is 0.980 bits per heavy atom. The van der Waals surface area contributed by atoms with Crippen LogP contribution in [0.1, 0.15) is 412 Å². The summed E-state index contributed by atoms with van der Waals surface area (Å²) in [5.74, 6) is -0.244. The summed E-state index contributed by atoms with van der Waals surface area (Å²) in [5, 5.41) is 87.7. The molecule has 2 aliphatic rings. The van der Waals surface area contributed by atoms with Gasteiger partial charge in [0.25, 0.3) is 0 Å². The first-order valence-corrected chi connectivity index (χ1v) is 43.2. The van der Waals surface area contributed by atoms with E-state index in [0.717, 1.165) is 44.9 Å². The van der Waals surface area contributed by atoms with Gasteiger partial charge in [0.15, 0.2) is 12.6 Å². The highest BCUT2D eigenvalue weighted by atomic mass is 16.7. The van der Waals surface area contributed by atoms with Crippen LogP contribution in [-0.4, -0.2) is 140 Å². The predicted molar refractivity (Wildman–Crippen MR) is 415 cm³/mol. The normalized spacial score (nSPS) is 21.9. The van der Waals surface area contributed by atoms with Crippen molar-refractivity contribution in [2.45, 2.75) is 485 Å². The molecule has 590 valence electrons. The monoisotopic (exact) mass is 1420 g/mol. The van der Waals surface area contributed by atoms with Crippen LogP contribution in [0.15, 0.2) is 36.5 Å². The molecule has 0 aromatic rings. The molecule has 2 fully saturated rings. The Morgan fingerprint density at radius 1 is 0.350 bits per heavy atom. The third-order valence-electron chi connectivity index (χ3n) is 21.3. The van der Waals surface area contributed by atoms with Crippen LogP contribution in [0.4, 0.5) is 0 Å². The number of nitrogens with one attached hydrogen (secondary N) is 1. The zero-order valence-corrected chi connectivity index (χ0v) is 65.0. The van der Waals surface area contributed by atoms with Crippen LogP contribution in [-0.2, 0) is 23.7 Å². The predicted octanol–water partition coefficient (Wildman–Crippen LogP) is 20.4.